The highest BCUT2D eigenvalue weighted by Crippen LogP contribution is 2.14. The largest absolute Gasteiger partial charge is 0.272 e. The summed E-state index contributed by atoms with van der Waals surface area (Å²) in [7, 11) is 0. The number of carbonyl (C=O) groups excluding carboxylic acids is 1. The second-order valence-corrected chi connectivity index (χ2v) is 4.42. The van der Waals surface area contributed by atoms with Gasteiger partial charge in [-0.25, -0.2) is 5.43 Å². The van der Waals surface area contributed by atoms with Crippen molar-refractivity contribution in [3.8, 4) is 0 Å². The third kappa shape index (κ3) is 3.15. The molecular formula is C12H9ClN2OS. The number of carbonyl (C=O) groups is 1. The quantitative estimate of drug-likeness (QED) is 0.671. The summed E-state index contributed by atoms with van der Waals surface area (Å²) in [5.41, 5.74) is 3.80. The van der Waals surface area contributed by atoms with Gasteiger partial charge in [0.05, 0.1) is 16.8 Å². The van der Waals surface area contributed by atoms with E-state index in [0.717, 1.165) is 5.56 Å². The van der Waals surface area contributed by atoms with Gasteiger partial charge in [0.15, 0.2) is 0 Å². The molecular weight excluding hydrogens is 256 g/mol. The zero-order chi connectivity index (χ0) is 12.1. The van der Waals surface area contributed by atoms with Crippen LogP contribution in [0, 0.1) is 0 Å². The molecule has 1 amide bonds. The van der Waals surface area contributed by atoms with E-state index in [1.54, 1.807) is 41.8 Å². The fourth-order valence-electron chi connectivity index (χ4n) is 1.22. The van der Waals surface area contributed by atoms with Crippen LogP contribution in [0.4, 0.5) is 0 Å². The van der Waals surface area contributed by atoms with Crippen LogP contribution in [0.15, 0.2) is 46.2 Å². The first-order valence-electron chi connectivity index (χ1n) is 4.87. The Kier molecular flexibility index (Phi) is 3.90. The summed E-state index contributed by atoms with van der Waals surface area (Å²) in [6, 6.07) is 8.75. The van der Waals surface area contributed by atoms with Gasteiger partial charge in [-0.1, -0.05) is 23.7 Å². The zero-order valence-electron chi connectivity index (χ0n) is 8.76. The topological polar surface area (TPSA) is 41.5 Å². The molecule has 17 heavy (non-hydrogen) atoms. The molecule has 2 aromatic rings. The Morgan fingerprint density at radius 3 is 2.88 bits per heavy atom. The minimum absolute atomic E-state index is 0.318. The summed E-state index contributed by atoms with van der Waals surface area (Å²) in [5, 5.41) is 8.14. The van der Waals surface area contributed by atoms with Crippen molar-refractivity contribution in [2.75, 3.05) is 0 Å². The maximum Gasteiger partial charge on any atom is 0.272 e. The van der Waals surface area contributed by atoms with Crippen LogP contribution in [-0.2, 0) is 0 Å². The van der Waals surface area contributed by atoms with E-state index in [0.29, 0.717) is 10.6 Å². The van der Waals surface area contributed by atoms with E-state index >= 15 is 0 Å². The van der Waals surface area contributed by atoms with Crippen molar-refractivity contribution in [3.05, 3.63) is 57.2 Å². The first-order valence-corrected chi connectivity index (χ1v) is 6.19. The SMILES string of the molecule is O=C(NN=Cc1ccsc1)c1ccccc1Cl. The summed E-state index contributed by atoms with van der Waals surface area (Å²) in [6.07, 6.45) is 1.59. The molecule has 0 saturated carbocycles. The molecule has 0 bridgehead atoms. The third-order valence-corrected chi connectivity index (χ3v) is 3.07. The van der Waals surface area contributed by atoms with Gasteiger partial charge in [0.2, 0.25) is 0 Å². The van der Waals surface area contributed by atoms with Gasteiger partial charge in [-0.05, 0) is 29.0 Å². The molecule has 1 aromatic carbocycles. The average molecular weight is 265 g/mol. The van der Waals surface area contributed by atoms with Crippen molar-refractivity contribution < 1.29 is 4.79 Å². The molecule has 0 spiro atoms. The Morgan fingerprint density at radius 1 is 1.35 bits per heavy atom. The van der Waals surface area contributed by atoms with E-state index in [4.69, 9.17) is 11.6 Å². The van der Waals surface area contributed by atoms with E-state index in [1.807, 2.05) is 16.8 Å². The van der Waals surface area contributed by atoms with Crippen molar-refractivity contribution in [1.29, 1.82) is 0 Å². The fourth-order valence-corrected chi connectivity index (χ4v) is 2.05. The van der Waals surface area contributed by atoms with Crippen LogP contribution < -0.4 is 5.43 Å². The van der Waals surface area contributed by atoms with Gasteiger partial charge in [-0.2, -0.15) is 16.4 Å². The van der Waals surface area contributed by atoms with Crippen molar-refractivity contribution in [2.24, 2.45) is 5.10 Å². The standard InChI is InChI=1S/C12H9ClN2OS/c13-11-4-2-1-3-10(11)12(16)15-14-7-9-5-6-17-8-9/h1-8H,(H,15,16). The lowest BCUT2D eigenvalue weighted by atomic mass is 10.2. The van der Waals surface area contributed by atoms with Gasteiger partial charge in [0.1, 0.15) is 0 Å². The minimum atomic E-state index is -0.318. The molecule has 0 aliphatic rings. The summed E-state index contributed by atoms with van der Waals surface area (Å²) in [6.45, 7) is 0. The van der Waals surface area contributed by atoms with Crippen molar-refractivity contribution in [3.63, 3.8) is 0 Å². The number of nitrogens with one attached hydrogen (secondary N) is 1. The Balaban J connectivity index is 2.01. The molecule has 86 valence electrons. The van der Waals surface area contributed by atoms with Gasteiger partial charge < -0.3 is 0 Å². The summed E-state index contributed by atoms with van der Waals surface area (Å²) < 4.78 is 0. The predicted octanol–water partition coefficient (Wildman–Crippen LogP) is 3.17. The molecule has 1 heterocycles. The van der Waals surface area contributed by atoms with Crippen LogP contribution in [0.2, 0.25) is 5.02 Å². The number of nitrogens with zero attached hydrogens (tertiary/aromatic N) is 1. The van der Waals surface area contributed by atoms with Crippen LogP contribution in [0.5, 0.6) is 0 Å². The number of rotatable bonds is 3. The Labute approximate surface area is 108 Å². The first-order chi connectivity index (χ1) is 8.27. The first kappa shape index (κ1) is 11.8. The van der Waals surface area contributed by atoms with E-state index in [2.05, 4.69) is 10.5 Å². The van der Waals surface area contributed by atoms with Gasteiger partial charge in [0.25, 0.3) is 5.91 Å². The van der Waals surface area contributed by atoms with Crippen LogP contribution in [-0.4, -0.2) is 12.1 Å². The van der Waals surface area contributed by atoms with Gasteiger partial charge in [-0.15, -0.1) is 0 Å². The summed E-state index contributed by atoms with van der Waals surface area (Å²) >= 11 is 7.46. The molecule has 0 aliphatic carbocycles. The highest BCUT2D eigenvalue weighted by molar-refractivity contribution is 7.08. The van der Waals surface area contributed by atoms with Crippen molar-refractivity contribution in [2.45, 2.75) is 0 Å². The third-order valence-electron chi connectivity index (χ3n) is 2.04. The van der Waals surface area contributed by atoms with E-state index in [9.17, 15) is 4.79 Å². The van der Waals surface area contributed by atoms with Crippen LogP contribution >= 0.6 is 22.9 Å². The molecule has 2 rings (SSSR count). The number of hydrogen-bond acceptors (Lipinski definition) is 3. The van der Waals surface area contributed by atoms with E-state index in [-0.39, 0.29) is 5.91 Å². The maximum atomic E-state index is 11.7. The molecule has 0 aliphatic heterocycles. The molecule has 0 saturated heterocycles. The van der Waals surface area contributed by atoms with Gasteiger partial charge in [0, 0.05) is 5.56 Å². The molecule has 1 N–H and O–H groups in total. The second kappa shape index (κ2) is 5.61. The summed E-state index contributed by atoms with van der Waals surface area (Å²) in [4.78, 5) is 11.7. The zero-order valence-corrected chi connectivity index (χ0v) is 10.3. The molecule has 0 atom stereocenters. The van der Waals surface area contributed by atoms with Crippen molar-refractivity contribution >= 4 is 35.1 Å². The number of halogens is 1. The van der Waals surface area contributed by atoms with Gasteiger partial charge in [-0.3, -0.25) is 4.79 Å². The highest BCUT2D eigenvalue weighted by Gasteiger charge is 2.07. The predicted molar refractivity (Wildman–Crippen MR) is 70.8 cm³/mol. The number of hydrazone groups is 1. The molecule has 5 heteroatoms. The molecule has 0 unspecified atom stereocenters. The Morgan fingerprint density at radius 2 is 2.18 bits per heavy atom. The van der Waals surface area contributed by atoms with Crippen LogP contribution in [0.25, 0.3) is 0 Å². The molecule has 0 radical (unpaired) electrons. The van der Waals surface area contributed by atoms with Crippen LogP contribution in [0.3, 0.4) is 0 Å². The lowest BCUT2D eigenvalue weighted by Crippen LogP contribution is -2.17. The number of thiophene rings is 1. The molecule has 1 aromatic heterocycles. The smallest absolute Gasteiger partial charge is 0.267 e. The number of amides is 1. The second-order valence-electron chi connectivity index (χ2n) is 3.24. The van der Waals surface area contributed by atoms with Crippen LogP contribution in [0.1, 0.15) is 15.9 Å². The maximum absolute atomic E-state index is 11.7. The monoisotopic (exact) mass is 264 g/mol. The minimum Gasteiger partial charge on any atom is -0.267 e. The molecule has 0 fully saturated rings. The Bertz CT molecular complexity index is 537. The summed E-state index contributed by atoms with van der Waals surface area (Å²) in [5.74, 6) is -0.318. The highest BCUT2D eigenvalue weighted by atomic mass is 35.5. The fraction of sp³-hybridized carbons (Fsp3) is 0. The number of hydrogen-bond donors (Lipinski definition) is 1. The van der Waals surface area contributed by atoms with Gasteiger partial charge >= 0.3 is 0 Å². The molecule has 3 nitrogen and oxygen atoms in total. The normalized spacial score (nSPS) is 10.6. The lowest BCUT2D eigenvalue weighted by Gasteiger charge is -2.01. The number of benzene rings is 1. The van der Waals surface area contributed by atoms with E-state index < -0.39 is 0 Å². The van der Waals surface area contributed by atoms with Crippen molar-refractivity contribution in [1.82, 2.24) is 5.43 Å². The Hall–Kier alpha value is -1.65. The lowest BCUT2D eigenvalue weighted by molar-refractivity contribution is 0.0955. The van der Waals surface area contributed by atoms with E-state index in [1.165, 1.54) is 0 Å². The average Bonchev–Trinajstić information content (AvgIpc) is 2.82.